The fraction of sp³-hybridized carbons (Fsp3) is 0.727. The molecule has 1 aromatic rings. The summed E-state index contributed by atoms with van der Waals surface area (Å²) in [6, 6.07) is 3.81. The maximum absolute atomic E-state index is 15.1. The van der Waals surface area contributed by atoms with Crippen LogP contribution >= 0.6 is 0 Å². The van der Waals surface area contributed by atoms with Gasteiger partial charge < -0.3 is 49.6 Å². The number of benzene rings is 1. The zero-order valence-electron chi connectivity index (χ0n) is 36.1. The van der Waals surface area contributed by atoms with E-state index in [1.165, 1.54) is 18.2 Å². The minimum atomic E-state index is -1.62. The van der Waals surface area contributed by atoms with Crippen LogP contribution < -0.4 is 10.6 Å². The third-order valence-electron chi connectivity index (χ3n) is 11.6. The summed E-state index contributed by atoms with van der Waals surface area (Å²) in [5.41, 5.74) is -0.732. The third kappa shape index (κ3) is 11.2. The van der Waals surface area contributed by atoms with E-state index in [2.05, 4.69) is 24.5 Å². The second kappa shape index (κ2) is 21.0. The first-order valence-electron chi connectivity index (χ1n) is 21.7. The van der Waals surface area contributed by atoms with Gasteiger partial charge in [-0.2, -0.15) is 5.06 Å². The van der Waals surface area contributed by atoms with E-state index in [1.807, 2.05) is 24.3 Å². The molecule has 2 bridgehead atoms. The van der Waals surface area contributed by atoms with Gasteiger partial charge >= 0.3 is 11.9 Å². The van der Waals surface area contributed by atoms with Gasteiger partial charge in [0.15, 0.2) is 11.8 Å². The molecule has 4 fully saturated rings. The van der Waals surface area contributed by atoms with Gasteiger partial charge in [-0.15, -0.1) is 0 Å². The van der Waals surface area contributed by atoms with Crippen LogP contribution in [-0.2, 0) is 54.2 Å². The van der Waals surface area contributed by atoms with Crippen molar-refractivity contribution in [3.63, 3.8) is 0 Å². The number of nitrogens with one attached hydrogen (secondary N) is 2. The summed E-state index contributed by atoms with van der Waals surface area (Å²) >= 11 is 0. The first-order valence-corrected chi connectivity index (χ1v) is 21.7. The molecule has 1 aliphatic carbocycles. The average Bonchev–Trinajstić information content (AvgIpc) is 3.75. The Kier molecular flexibility index (Phi) is 16.6. The highest BCUT2D eigenvalue weighted by atomic mass is 16.8. The van der Waals surface area contributed by atoms with Gasteiger partial charge in [0.05, 0.1) is 38.2 Å². The van der Waals surface area contributed by atoms with Crippen LogP contribution in [0.1, 0.15) is 123 Å². The summed E-state index contributed by atoms with van der Waals surface area (Å²) in [6.07, 6.45) is 5.32. The highest BCUT2D eigenvalue weighted by molar-refractivity contribution is 5.96. The Morgan fingerprint density at radius 1 is 1.00 bits per heavy atom. The third-order valence-corrected chi connectivity index (χ3v) is 11.6. The second-order valence-corrected chi connectivity index (χ2v) is 17.6. The van der Waals surface area contributed by atoms with Crippen LogP contribution in [0.5, 0.6) is 0 Å². The topological polar surface area (TPSA) is 212 Å². The van der Waals surface area contributed by atoms with Gasteiger partial charge in [0.2, 0.25) is 11.8 Å². The number of nitrogens with zero attached hydrogens (tertiary/aromatic N) is 1. The Balaban J connectivity index is 1.44. The molecule has 3 heterocycles. The molecule has 16 nitrogen and oxygen atoms in total. The molecule has 60 heavy (non-hydrogen) atoms. The van der Waals surface area contributed by atoms with Crippen LogP contribution in [0.3, 0.4) is 0 Å². The standard InChI is InChI=1S/C44H67N3O13/c1-7-9-11-20-43(21-12-10-8-2)58-35-32-25-44(41(54)46-34(28(3)50)39(52)45-31(27-49)17-18-33(51)57-42(4,5)6)37(40(53)56-32)47(60-38(44)36(35)59-43)26-30-15-13-29(14-16-30)19-23-55-24-22-48/h13-16,19,23,28,31-32,34-38,48-50H,7-12,17-18,20-22,24-27H2,1-6H3,(H,45,52)(H,46,54)/t28-,31-,32+,34+,35-,36-,37+,38+,44+/m0/s1. The van der Waals surface area contributed by atoms with E-state index >= 15 is 4.79 Å². The molecule has 9 atom stereocenters. The second-order valence-electron chi connectivity index (χ2n) is 17.6. The van der Waals surface area contributed by atoms with Crippen LogP contribution in [0, 0.1) is 5.41 Å². The smallest absolute Gasteiger partial charge is 0.327 e. The van der Waals surface area contributed by atoms with Gasteiger partial charge in [0.25, 0.3) is 0 Å². The summed E-state index contributed by atoms with van der Waals surface area (Å²) in [6.45, 7) is 10.5. The molecule has 4 aliphatic rings. The molecule has 1 saturated carbocycles. The van der Waals surface area contributed by atoms with E-state index in [-0.39, 0.29) is 39.0 Å². The first kappa shape index (κ1) is 47.4. The fourth-order valence-electron chi connectivity index (χ4n) is 8.72. The molecule has 0 unspecified atom stereocenters. The predicted molar refractivity (Wildman–Crippen MR) is 218 cm³/mol. The summed E-state index contributed by atoms with van der Waals surface area (Å²) in [5.74, 6) is -3.64. The first-order chi connectivity index (χ1) is 28.6. The SMILES string of the molecule is CCCCCC1(CCCCC)O[C@@H]2[C@H](O1)[C@H]1ON(Cc3ccc(C=COCCO)cc3)[C@@H]3C(=O)O[C@@H]2C[C@]13C(=O)N[C@@H](C(=O)N[C@H](CO)CCC(=O)OC(C)(C)C)[C@H](C)O. The van der Waals surface area contributed by atoms with Gasteiger partial charge in [-0.3, -0.25) is 24.0 Å². The minimum Gasteiger partial charge on any atom is -0.499 e. The van der Waals surface area contributed by atoms with Crippen molar-refractivity contribution >= 4 is 29.8 Å². The number of ether oxygens (including phenoxy) is 5. The van der Waals surface area contributed by atoms with Gasteiger partial charge in [-0.25, -0.2) is 0 Å². The Morgan fingerprint density at radius 2 is 1.67 bits per heavy atom. The number of hydrogen-bond donors (Lipinski definition) is 5. The summed E-state index contributed by atoms with van der Waals surface area (Å²) in [5, 5.41) is 36.9. The molecule has 3 aliphatic heterocycles. The van der Waals surface area contributed by atoms with Crippen LogP contribution in [0.25, 0.3) is 6.08 Å². The van der Waals surface area contributed by atoms with Crippen molar-refractivity contribution in [2.45, 2.75) is 179 Å². The number of carbonyl (C=O) groups excluding carboxylic acids is 4. The number of esters is 2. The number of hydrogen-bond acceptors (Lipinski definition) is 14. The highest BCUT2D eigenvalue weighted by Crippen LogP contribution is 2.58. The fourth-order valence-corrected chi connectivity index (χ4v) is 8.72. The monoisotopic (exact) mass is 845 g/mol. The quantitative estimate of drug-likeness (QED) is 0.0606. The maximum atomic E-state index is 15.1. The van der Waals surface area contributed by atoms with Crippen molar-refractivity contribution in [2.24, 2.45) is 5.41 Å². The van der Waals surface area contributed by atoms with E-state index in [1.54, 1.807) is 26.8 Å². The van der Waals surface area contributed by atoms with Gasteiger partial charge in [-0.05, 0) is 64.2 Å². The number of aliphatic hydroxyl groups is 3. The van der Waals surface area contributed by atoms with Crippen molar-refractivity contribution in [3.05, 3.63) is 41.7 Å². The molecule has 336 valence electrons. The van der Waals surface area contributed by atoms with Crippen LogP contribution in [0.2, 0.25) is 0 Å². The van der Waals surface area contributed by atoms with Crippen molar-refractivity contribution in [3.8, 4) is 0 Å². The van der Waals surface area contributed by atoms with Crippen molar-refractivity contribution in [2.75, 3.05) is 19.8 Å². The Bertz CT molecular complexity index is 1620. The average molecular weight is 846 g/mol. The van der Waals surface area contributed by atoms with Gasteiger partial charge in [0, 0.05) is 25.7 Å². The van der Waals surface area contributed by atoms with E-state index < -0.39 is 95.8 Å². The number of carbonyl (C=O) groups is 4. The molecule has 0 spiro atoms. The van der Waals surface area contributed by atoms with E-state index in [0.717, 1.165) is 49.7 Å². The molecular formula is C44H67N3O13. The predicted octanol–water partition coefficient (Wildman–Crippen LogP) is 3.57. The molecule has 5 rings (SSSR count). The Hall–Kier alpha value is -3.64. The summed E-state index contributed by atoms with van der Waals surface area (Å²) < 4.78 is 30.5. The minimum absolute atomic E-state index is 0.0157. The van der Waals surface area contributed by atoms with Crippen LogP contribution in [0.15, 0.2) is 30.5 Å². The molecule has 2 amide bonds. The molecule has 1 aromatic carbocycles. The van der Waals surface area contributed by atoms with Crippen molar-refractivity contribution in [1.29, 1.82) is 0 Å². The molecule has 3 saturated heterocycles. The lowest BCUT2D eigenvalue weighted by Gasteiger charge is -2.49. The summed E-state index contributed by atoms with van der Waals surface area (Å²) in [7, 11) is 0. The summed E-state index contributed by atoms with van der Waals surface area (Å²) in [4.78, 5) is 62.2. The van der Waals surface area contributed by atoms with Crippen LogP contribution in [-0.4, -0.2) is 124 Å². The number of amides is 2. The lowest BCUT2D eigenvalue weighted by atomic mass is 9.62. The lowest BCUT2D eigenvalue weighted by molar-refractivity contribution is -0.224. The number of unbranched alkanes of at least 4 members (excludes halogenated alkanes) is 4. The molecular weight excluding hydrogens is 778 g/mol. The zero-order chi connectivity index (χ0) is 43.7. The maximum Gasteiger partial charge on any atom is 0.327 e. The Morgan fingerprint density at radius 3 is 2.27 bits per heavy atom. The van der Waals surface area contributed by atoms with E-state index in [9.17, 15) is 24.6 Å². The van der Waals surface area contributed by atoms with Crippen LogP contribution in [0.4, 0.5) is 0 Å². The number of rotatable bonds is 23. The van der Waals surface area contributed by atoms with Gasteiger partial charge in [0.1, 0.15) is 48.1 Å². The van der Waals surface area contributed by atoms with E-state index in [0.29, 0.717) is 12.8 Å². The van der Waals surface area contributed by atoms with Gasteiger partial charge in [-0.1, -0.05) is 63.8 Å². The highest BCUT2D eigenvalue weighted by Gasteiger charge is 2.76. The lowest BCUT2D eigenvalue weighted by Crippen LogP contribution is -2.71. The number of fused-ring (bicyclic) bond motifs is 4. The molecule has 0 radical (unpaired) electrons. The Labute approximate surface area is 353 Å². The zero-order valence-corrected chi connectivity index (χ0v) is 36.1. The molecule has 5 N–H and O–H groups in total. The normalized spacial score (nSPS) is 27.1. The number of aliphatic hydroxyl groups excluding tert-OH is 3. The number of hydroxylamine groups is 2. The van der Waals surface area contributed by atoms with Crippen molar-refractivity contribution in [1.82, 2.24) is 15.7 Å². The molecule has 0 aromatic heterocycles. The van der Waals surface area contributed by atoms with E-state index in [4.69, 9.17) is 33.6 Å². The molecule has 16 heteroatoms. The van der Waals surface area contributed by atoms with Crippen molar-refractivity contribution < 1.29 is 63.0 Å². The largest absolute Gasteiger partial charge is 0.499 e.